The normalized spacial score (nSPS) is 12.2. The SMILES string of the molecule is CCc1cccc(C)c1NCC(NC)C(=O)O. The van der Waals surface area contributed by atoms with Crippen LogP contribution in [0.15, 0.2) is 18.2 Å². The van der Waals surface area contributed by atoms with Crippen molar-refractivity contribution >= 4 is 11.7 Å². The summed E-state index contributed by atoms with van der Waals surface area (Å²) in [7, 11) is 1.65. The number of nitrogens with one attached hydrogen (secondary N) is 2. The number of benzene rings is 1. The zero-order valence-electron chi connectivity index (χ0n) is 10.6. The molecule has 4 nitrogen and oxygen atoms in total. The van der Waals surface area contributed by atoms with Gasteiger partial charge in [0, 0.05) is 12.2 Å². The van der Waals surface area contributed by atoms with Crippen molar-refractivity contribution in [2.45, 2.75) is 26.3 Å². The highest BCUT2D eigenvalue weighted by molar-refractivity contribution is 5.74. The Hall–Kier alpha value is -1.55. The number of hydrogen-bond donors (Lipinski definition) is 3. The van der Waals surface area contributed by atoms with Gasteiger partial charge in [0.25, 0.3) is 0 Å². The molecule has 0 spiro atoms. The topological polar surface area (TPSA) is 61.4 Å². The summed E-state index contributed by atoms with van der Waals surface area (Å²) in [5.41, 5.74) is 3.41. The van der Waals surface area contributed by atoms with E-state index in [0.717, 1.165) is 17.7 Å². The molecule has 1 aromatic carbocycles. The molecule has 17 heavy (non-hydrogen) atoms. The molecule has 0 amide bonds. The fourth-order valence-corrected chi connectivity index (χ4v) is 1.79. The van der Waals surface area contributed by atoms with Crippen molar-refractivity contribution in [3.63, 3.8) is 0 Å². The summed E-state index contributed by atoms with van der Waals surface area (Å²) in [6, 6.07) is 5.53. The molecule has 0 heterocycles. The van der Waals surface area contributed by atoms with Gasteiger partial charge in [-0.2, -0.15) is 0 Å². The number of aryl methyl sites for hydroxylation is 2. The lowest BCUT2D eigenvalue weighted by molar-refractivity contribution is -0.138. The molecule has 3 N–H and O–H groups in total. The minimum absolute atomic E-state index is 0.379. The zero-order valence-corrected chi connectivity index (χ0v) is 10.6. The van der Waals surface area contributed by atoms with Crippen LogP contribution in [0.3, 0.4) is 0 Å². The molecule has 0 radical (unpaired) electrons. The Morgan fingerprint density at radius 2 is 2.18 bits per heavy atom. The molecule has 0 saturated heterocycles. The van der Waals surface area contributed by atoms with Crippen LogP contribution in [0, 0.1) is 6.92 Å². The van der Waals surface area contributed by atoms with Crippen molar-refractivity contribution in [3.05, 3.63) is 29.3 Å². The first-order valence-corrected chi connectivity index (χ1v) is 5.82. The molecule has 0 bridgehead atoms. The molecule has 0 aliphatic heterocycles. The third-order valence-corrected chi connectivity index (χ3v) is 2.87. The van der Waals surface area contributed by atoms with Crippen LogP contribution in [0.4, 0.5) is 5.69 Å². The summed E-state index contributed by atoms with van der Waals surface area (Å²) >= 11 is 0. The molecular weight excluding hydrogens is 216 g/mol. The van der Waals surface area contributed by atoms with Crippen molar-refractivity contribution < 1.29 is 9.90 Å². The number of carboxylic acid groups (broad SMARTS) is 1. The fraction of sp³-hybridized carbons (Fsp3) is 0.462. The number of para-hydroxylation sites is 1. The monoisotopic (exact) mass is 236 g/mol. The van der Waals surface area contributed by atoms with Crippen LogP contribution in [-0.2, 0) is 11.2 Å². The summed E-state index contributed by atoms with van der Waals surface area (Å²) in [5.74, 6) is -0.841. The van der Waals surface area contributed by atoms with E-state index in [4.69, 9.17) is 5.11 Å². The van der Waals surface area contributed by atoms with Crippen LogP contribution in [0.25, 0.3) is 0 Å². The third-order valence-electron chi connectivity index (χ3n) is 2.87. The van der Waals surface area contributed by atoms with E-state index < -0.39 is 12.0 Å². The summed E-state index contributed by atoms with van der Waals surface area (Å²) in [6.07, 6.45) is 0.932. The molecule has 1 atom stereocenters. The van der Waals surface area contributed by atoms with E-state index in [1.807, 2.05) is 19.1 Å². The number of carbonyl (C=O) groups is 1. The summed E-state index contributed by atoms with van der Waals surface area (Å²) in [4.78, 5) is 10.9. The first-order chi connectivity index (χ1) is 8.10. The Morgan fingerprint density at radius 1 is 1.47 bits per heavy atom. The minimum atomic E-state index is -0.841. The van der Waals surface area contributed by atoms with Crippen molar-refractivity contribution in [2.24, 2.45) is 0 Å². The Balaban J connectivity index is 2.77. The molecule has 0 aromatic heterocycles. The van der Waals surface area contributed by atoms with Gasteiger partial charge in [-0.15, -0.1) is 0 Å². The molecular formula is C13H20N2O2. The molecule has 1 rings (SSSR count). The number of likely N-dealkylation sites (N-methyl/N-ethyl adjacent to an activating group) is 1. The maximum Gasteiger partial charge on any atom is 0.322 e. The second kappa shape index (κ2) is 6.25. The Labute approximate surface area is 102 Å². The van der Waals surface area contributed by atoms with Gasteiger partial charge in [0.05, 0.1) is 0 Å². The highest BCUT2D eigenvalue weighted by atomic mass is 16.4. The van der Waals surface area contributed by atoms with E-state index in [1.165, 1.54) is 5.56 Å². The predicted molar refractivity (Wildman–Crippen MR) is 69.5 cm³/mol. The van der Waals surface area contributed by atoms with E-state index in [1.54, 1.807) is 7.05 Å². The lowest BCUT2D eigenvalue weighted by atomic mass is 10.1. The Kier molecular flexibility index (Phi) is 4.97. The zero-order chi connectivity index (χ0) is 12.8. The van der Waals surface area contributed by atoms with Crippen LogP contribution in [0.2, 0.25) is 0 Å². The minimum Gasteiger partial charge on any atom is -0.480 e. The molecule has 1 aromatic rings. The number of carboxylic acids is 1. The van der Waals surface area contributed by atoms with Gasteiger partial charge in [0.2, 0.25) is 0 Å². The summed E-state index contributed by atoms with van der Waals surface area (Å²) < 4.78 is 0. The lowest BCUT2D eigenvalue weighted by Gasteiger charge is -2.17. The smallest absolute Gasteiger partial charge is 0.322 e. The number of aliphatic carboxylic acids is 1. The Bertz CT molecular complexity index is 391. The second-order valence-corrected chi connectivity index (χ2v) is 4.02. The third kappa shape index (κ3) is 3.46. The van der Waals surface area contributed by atoms with Gasteiger partial charge in [0.1, 0.15) is 6.04 Å². The van der Waals surface area contributed by atoms with E-state index in [2.05, 4.69) is 23.6 Å². The first kappa shape index (κ1) is 13.5. The van der Waals surface area contributed by atoms with Gasteiger partial charge in [-0.1, -0.05) is 25.1 Å². The molecule has 0 aliphatic carbocycles. The van der Waals surface area contributed by atoms with Gasteiger partial charge in [-0.3, -0.25) is 4.79 Å². The van der Waals surface area contributed by atoms with Gasteiger partial charge < -0.3 is 15.7 Å². The van der Waals surface area contributed by atoms with E-state index in [-0.39, 0.29) is 0 Å². The van der Waals surface area contributed by atoms with Crippen molar-refractivity contribution in [1.82, 2.24) is 5.32 Å². The number of rotatable bonds is 6. The lowest BCUT2D eigenvalue weighted by Crippen LogP contribution is -2.40. The quantitative estimate of drug-likeness (QED) is 0.702. The highest BCUT2D eigenvalue weighted by Gasteiger charge is 2.15. The maximum absolute atomic E-state index is 10.9. The average molecular weight is 236 g/mol. The van der Waals surface area contributed by atoms with E-state index >= 15 is 0 Å². The fourth-order valence-electron chi connectivity index (χ4n) is 1.79. The van der Waals surface area contributed by atoms with Gasteiger partial charge in [0.15, 0.2) is 0 Å². The molecule has 1 unspecified atom stereocenters. The van der Waals surface area contributed by atoms with Gasteiger partial charge in [-0.25, -0.2) is 0 Å². The maximum atomic E-state index is 10.9. The van der Waals surface area contributed by atoms with Crippen molar-refractivity contribution in [1.29, 1.82) is 0 Å². The molecule has 0 fully saturated rings. The van der Waals surface area contributed by atoms with Crippen LogP contribution >= 0.6 is 0 Å². The molecule has 0 saturated carbocycles. The van der Waals surface area contributed by atoms with Crippen LogP contribution in [-0.4, -0.2) is 30.7 Å². The van der Waals surface area contributed by atoms with Crippen molar-refractivity contribution in [3.8, 4) is 0 Å². The first-order valence-electron chi connectivity index (χ1n) is 5.82. The standard InChI is InChI=1S/C13H20N2O2/c1-4-10-7-5-6-9(2)12(10)15-8-11(14-3)13(16)17/h5-7,11,14-15H,4,8H2,1-3H3,(H,16,17). The predicted octanol–water partition coefficient (Wildman–Crippen LogP) is 1.64. The number of anilines is 1. The average Bonchev–Trinajstić information content (AvgIpc) is 2.31. The van der Waals surface area contributed by atoms with Crippen molar-refractivity contribution in [2.75, 3.05) is 18.9 Å². The van der Waals surface area contributed by atoms with Crippen LogP contribution in [0.5, 0.6) is 0 Å². The van der Waals surface area contributed by atoms with E-state index in [0.29, 0.717) is 6.54 Å². The van der Waals surface area contributed by atoms with Gasteiger partial charge in [-0.05, 0) is 31.5 Å². The molecule has 4 heteroatoms. The summed E-state index contributed by atoms with van der Waals surface area (Å²) in [6.45, 7) is 4.49. The summed E-state index contributed by atoms with van der Waals surface area (Å²) in [5, 5.41) is 14.9. The molecule has 0 aliphatic rings. The van der Waals surface area contributed by atoms with Crippen LogP contribution in [0.1, 0.15) is 18.1 Å². The van der Waals surface area contributed by atoms with E-state index in [9.17, 15) is 4.79 Å². The van der Waals surface area contributed by atoms with Gasteiger partial charge >= 0.3 is 5.97 Å². The largest absolute Gasteiger partial charge is 0.480 e. The molecule has 94 valence electrons. The highest BCUT2D eigenvalue weighted by Crippen LogP contribution is 2.20. The second-order valence-electron chi connectivity index (χ2n) is 4.02. The van der Waals surface area contributed by atoms with Crippen LogP contribution < -0.4 is 10.6 Å². The Morgan fingerprint density at radius 3 is 2.71 bits per heavy atom. The number of hydrogen-bond acceptors (Lipinski definition) is 3.